The Labute approximate surface area is 127 Å². The van der Waals surface area contributed by atoms with Crippen LogP contribution in [0.5, 0.6) is 0 Å². The SMILES string of the molecule is CCCn1cc(CC(C)CO)c2cc3c(cc21)CN(C)C3. The molecule has 1 aliphatic rings. The van der Waals surface area contributed by atoms with Crippen LogP contribution in [0.25, 0.3) is 10.9 Å². The lowest BCUT2D eigenvalue weighted by Gasteiger charge is -2.07. The average molecular weight is 286 g/mol. The number of benzene rings is 1. The normalized spacial score (nSPS) is 16.6. The maximum Gasteiger partial charge on any atom is 0.0486 e. The topological polar surface area (TPSA) is 28.4 Å². The van der Waals surface area contributed by atoms with E-state index < -0.39 is 0 Å². The summed E-state index contributed by atoms with van der Waals surface area (Å²) in [6, 6.07) is 4.77. The molecular weight excluding hydrogens is 260 g/mol. The van der Waals surface area contributed by atoms with Crippen LogP contribution in [0.4, 0.5) is 0 Å². The van der Waals surface area contributed by atoms with Crippen LogP contribution in [-0.2, 0) is 26.1 Å². The van der Waals surface area contributed by atoms with Gasteiger partial charge < -0.3 is 9.67 Å². The molecule has 3 nitrogen and oxygen atoms in total. The highest BCUT2D eigenvalue weighted by atomic mass is 16.3. The largest absolute Gasteiger partial charge is 0.396 e. The summed E-state index contributed by atoms with van der Waals surface area (Å²) >= 11 is 0. The smallest absolute Gasteiger partial charge is 0.0486 e. The highest BCUT2D eigenvalue weighted by Gasteiger charge is 2.19. The first-order valence-corrected chi connectivity index (χ1v) is 8.05. The third-order valence-corrected chi connectivity index (χ3v) is 4.51. The van der Waals surface area contributed by atoms with Gasteiger partial charge in [-0.05, 0) is 54.6 Å². The molecule has 1 aliphatic heterocycles. The standard InChI is InChI=1S/C18H26N2O/c1-4-5-20-11-16(6-13(2)12-21)17-7-14-9-19(3)10-15(14)8-18(17)20/h7-8,11,13,21H,4-6,9-10,12H2,1-3H3. The van der Waals surface area contributed by atoms with E-state index in [0.717, 1.165) is 32.5 Å². The van der Waals surface area contributed by atoms with Gasteiger partial charge in [0.25, 0.3) is 0 Å². The minimum atomic E-state index is 0.258. The summed E-state index contributed by atoms with van der Waals surface area (Å²) in [5.74, 6) is 0.321. The van der Waals surface area contributed by atoms with Crippen molar-refractivity contribution >= 4 is 10.9 Å². The molecule has 3 rings (SSSR count). The van der Waals surface area contributed by atoms with Gasteiger partial charge in [-0.2, -0.15) is 0 Å². The van der Waals surface area contributed by atoms with Crippen molar-refractivity contribution in [1.29, 1.82) is 0 Å². The first kappa shape index (κ1) is 14.6. The molecule has 1 N–H and O–H groups in total. The van der Waals surface area contributed by atoms with E-state index in [1.807, 2.05) is 0 Å². The molecule has 114 valence electrons. The van der Waals surface area contributed by atoms with Gasteiger partial charge in [-0.3, -0.25) is 4.90 Å². The Kier molecular flexibility index (Phi) is 4.05. The number of aryl methyl sites for hydroxylation is 1. The zero-order chi connectivity index (χ0) is 15.0. The summed E-state index contributed by atoms with van der Waals surface area (Å²) in [7, 11) is 2.18. The van der Waals surface area contributed by atoms with E-state index in [4.69, 9.17) is 0 Å². The maximum absolute atomic E-state index is 9.35. The number of aromatic nitrogens is 1. The summed E-state index contributed by atoms with van der Waals surface area (Å²) in [4.78, 5) is 2.36. The van der Waals surface area contributed by atoms with E-state index in [0.29, 0.717) is 5.92 Å². The lowest BCUT2D eigenvalue weighted by Crippen LogP contribution is -2.07. The van der Waals surface area contributed by atoms with E-state index in [1.165, 1.54) is 27.6 Å². The lowest BCUT2D eigenvalue weighted by molar-refractivity contribution is 0.237. The molecule has 2 aromatic rings. The lowest BCUT2D eigenvalue weighted by atomic mass is 9.99. The first-order chi connectivity index (χ1) is 10.1. The van der Waals surface area contributed by atoms with Crippen molar-refractivity contribution in [2.75, 3.05) is 13.7 Å². The second kappa shape index (κ2) is 5.82. The quantitative estimate of drug-likeness (QED) is 0.914. The maximum atomic E-state index is 9.35. The minimum absolute atomic E-state index is 0.258. The molecular formula is C18H26N2O. The summed E-state index contributed by atoms with van der Waals surface area (Å²) in [6.07, 6.45) is 4.41. The molecule has 0 saturated carbocycles. The van der Waals surface area contributed by atoms with Crippen molar-refractivity contribution in [2.45, 2.75) is 46.3 Å². The van der Waals surface area contributed by atoms with E-state index in [9.17, 15) is 5.11 Å². The molecule has 0 bridgehead atoms. The molecule has 0 amide bonds. The predicted molar refractivity (Wildman–Crippen MR) is 87.4 cm³/mol. The number of fused-ring (bicyclic) bond motifs is 2. The zero-order valence-electron chi connectivity index (χ0n) is 13.4. The molecule has 2 heterocycles. The van der Waals surface area contributed by atoms with Gasteiger partial charge in [0.2, 0.25) is 0 Å². The third kappa shape index (κ3) is 2.72. The first-order valence-electron chi connectivity index (χ1n) is 8.05. The Bertz CT molecular complexity index is 644. The molecule has 0 saturated heterocycles. The Morgan fingerprint density at radius 2 is 1.95 bits per heavy atom. The molecule has 3 heteroatoms. The van der Waals surface area contributed by atoms with Crippen molar-refractivity contribution in [2.24, 2.45) is 5.92 Å². The average Bonchev–Trinajstić information content (AvgIpc) is 2.97. The van der Waals surface area contributed by atoms with Crippen LogP contribution in [0, 0.1) is 5.92 Å². The highest BCUT2D eigenvalue weighted by Crippen LogP contribution is 2.31. The van der Waals surface area contributed by atoms with Gasteiger partial charge >= 0.3 is 0 Å². The fourth-order valence-corrected chi connectivity index (χ4v) is 3.46. The predicted octanol–water partition coefficient (Wildman–Crippen LogP) is 3.17. The van der Waals surface area contributed by atoms with Crippen molar-refractivity contribution in [3.05, 3.63) is 35.0 Å². The van der Waals surface area contributed by atoms with Crippen molar-refractivity contribution in [3.63, 3.8) is 0 Å². The van der Waals surface area contributed by atoms with Gasteiger partial charge in [0.1, 0.15) is 0 Å². The molecule has 0 spiro atoms. The van der Waals surface area contributed by atoms with E-state index >= 15 is 0 Å². The van der Waals surface area contributed by atoms with Crippen LogP contribution in [0.3, 0.4) is 0 Å². The molecule has 21 heavy (non-hydrogen) atoms. The molecule has 1 aromatic carbocycles. The van der Waals surface area contributed by atoms with Crippen LogP contribution in [0.15, 0.2) is 18.3 Å². The van der Waals surface area contributed by atoms with Crippen LogP contribution < -0.4 is 0 Å². The molecule has 0 radical (unpaired) electrons. The minimum Gasteiger partial charge on any atom is -0.396 e. The van der Waals surface area contributed by atoms with E-state index in [1.54, 1.807) is 0 Å². The van der Waals surface area contributed by atoms with Crippen LogP contribution >= 0.6 is 0 Å². The van der Waals surface area contributed by atoms with Crippen molar-refractivity contribution < 1.29 is 5.11 Å². The van der Waals surface area contributed by atoms with Gasteiger partial charge in [-0.25, -0.2) is 0 Å². The van der Waals surface area contributed by atoms with Gasteiger partial charge in [0, 0.05) is 43.3 Å². The third-order valence-electron chi connectivity index (χ3n) is 4.51. The summed E-state index contributed by atoms with van der Waals surface area (Å²) in [5, 5.41) is 10.7. The molecule has 0 aliphatic carbocycles. The Hall–Kier alpha value is -1.32. The second-order valence-corrected chi connectivity index (χ2v) is 6.65. The van der Waals surface area contributed by atoms with Crippen LogP contribution in [0.1, 0.15) is 37.0 Å². The van der Waals surface area contributed by atoms with Crippen molar-refractivity contribution in [1.82, 2.24) is 9.47 Å². The molecule has 1 aromatic heterocycles. The number of aliphatic hydroxyl groups is 1. The number of nitrogens with zero attached hydrogens (tertiary/aromatic N) is 2. The fourth-order valence-electron chi connectivity index (χ4n) is 3.46. The van der Waals surface area contributed by atoms with Crippen LogP contribution in [-0.4, -0.2) is 28.2 Å². The number of hydrogen-bond acceptors (Lipinski definition) is 2. The van der Waals surface area contributed by atoms with Crippen LogP contribution in [0.2, 0.25) is 0 Å². The number of aliphatic hydroxyl groups excluding tert-OH is 1. The Balaban J connectivity index is 2.08. The zero-order valence-corrected chi connectivity index (χ0v) is 13.4. The summed E-state index contributed by atoms with van der Waals surface area (Å²) in [5.41, 5.74) is 5.70. The monoisotopic (exact) mass is 286 g/mol. The van der Waals surface area contributed by atoms with Crippen molar-refractivity contribution in [3.8, 4) is 0 Å². The highest BCUT2D eigenvalue weighted by molar-refractivity contribution is 5.86. The van der Waals surface area contributed by atoms with E-state index in [2.05, 4.69) is 48.7 Å². The van der Waals surface area contributed by atoms with Gasteiger partial charge in [-0.15, -0.1) is 0 Å². The number of rotatable bonds is 5. The molecule has 0 fully saturated rings. The summed E-state index contributed by atoms with van der Waals surface area (Å²) in [6.45, 7) is 7.78. The van der Waals surface area contributed by atoms with Gasteiger partial charge in [0.15, 0.2) is 0 Å². The summed E-state index contributed by atoms with van der Waals surface area (Å²) < 4.78 is 2.40. The second-order valence-electron chi connectivity index (χ2n) is 6.65. The Morgan fingerprint density at radius 1 is 1.24 bits per heavy atom. The molecule has 1 unspecified atom stereocenters. The van der Waals surface area contributed by atoms with Gasteiger partial charge in [0.05, 0.1) is 0 Å². The Morgan fingerprint density at radius 3 is 2.62 bits per heavy atom. The van der Waals surface area contributed by atoms with E-state index in [-0.39, 0.29) is 6.61 Å². The fraction of sp³-hybridized carbons (Fsp3) is 0.556. The molecule has 1 atom stereocenters. The number of hydrogen-bond donors (Lipinski definition) is 1. The van der Waals surface area contributed by atoms with Gasteiger partial charge in [-0.1, -0.05) is 13.8 Å².